The van der Waals surface area contributed by atoms with Crippen LogP contribution in [-0.2, 0) is 10.9 Å². The van der Waals surface area contributed by atoms with Crippen molar-refractivity contribution >= 4 is 15.9 Å². The second-order valence-corrected chi connectivity index (χ2v) is 3.90. The van der Waals surface area contributed by atoms with Gasteiger partial charge < -0.3 is 9.47 Å². The van der Waals surface area contributed by atoms with Crippen LogP contribution in [0.4, 0.5) is 13.2 Å². The van der Waals surface area contributed by atoms with E-state index in [1.54, 1.807) is 0 Å². The predicted molar refractivity (Wildman–Crippen MR) is 56.5 cm³/mol. The molecule has 2 nitrogen and oxygen atoms in total. The molecule has 1 aromatic carbocycles. The van der Waals surface area contributed by atoms with Crippen LogP contribution in [0.2, 0.25) is 0 Å². The van der Waals surface area contributed by atoms with Crippen LogP contribution in [0, 0.1) is 0 Å². The molecule has 16 heavy (non-hydrogen) atoms. The Kier molecular flexibility index (Phi) is 4.61. The van der Waals surface area contributed by atoms with Gasteiger partial charge in [0.15, 0.2) is 0 Å². The Morgan fingerprint density at radius 2 is 1.94 bits per heavy atom. The van der Waals surface area contributed by atoms with Gasteiger partial charge in [0, 0.05) is 11.6 Å². The molecule has 0 aliphatic rings. The summed E-state index contributed by atoms with van der Waals surface area (Å²) < 4.78 is 47.9. The van der Waals surface area contributed by atoms with Gasteiger partial charge in [0.25, 0.3) is 0 Å². The zero-order valence-corrected chi connectivity index (χ0v) is 10.1. The number of methoxy groups -OCH3 is 1. The Balaban J connectivity index is 2.90. The van der Waals surface area contributed by atoms with E-state index in [0.717, 1.165) is 6.07 Å². The molecule has 0 aromatic heterocycles. The zero-order valence-electron chi connectivity index (χ0n) is 8.47. The van der Waals surface area contributed by atoms with Crippen LogP contribution in [0.15, 0.2) is 22.7 Å². The van der Waals surface area contributed by atoms with Crippen molar-refractivity contribution in [1.29, 1.82) is 0 Å². The second kappa shape index (κ2) is 5.54. The number of benzene rings is 1. The molecule has 0 saturated heterocycles. The van der Waals surface area contributed by atoms with Crippen LogP contribution in [0.3, 0.4) is 0 Å². The number of alkyl halides is 3. The lowest BCUT2D eigenvalue weighted by molar-refractivity contribution is -0.139. The summed E-state index contributed by atoms with van der Waals surface area (Å²) in [5.41, 5.74) is -0.785. The number of ether oxygens (including phenoxy) is 2. The van der Waals surface area contributed by atoms with Crippen LogP contribution >= 0.6 is 15.9 Å². The van der Waals surface area contributed by atoms with Crippen LogP contribution in [0.5, 0.6) is 5.75 Å². The van der Waals surface area contributed by atoms with Crippen LogP contribution in [0.25, 0.3) is 0 Å². The molecule has 0 spiro atoms. The van der Waals surface area contributed by atoms with E-state index in [-0.39, 0.29) is 19.0 Å². The van der Waals surface area contributed by atoms with Crippen molar-refractivity contribution < 1.29 is 22.6 Å². The Hall–Kier alpha value is -0.750. The van der Waals surface area contributed by atoms with Gasteiger partial charge in [-0.2, -0.15) is 13.2 Å². The minimum absolute atomic E-state index is 0.0794. The van der Waals surface area contributed by atoms with E-state index < -0.39 is 11.7 Å². The van der Waals surface area contributed by atoms with E-state index in [9.17, 15) is 13.2 Å². The van der Waals surface area contributed by atoms with E-state index in [4.69, 9.17) is 9.47 Å². The SMILES string of the molecule is COCCOc1cc(Br)ccc1C(F)(F)F. The van der Waals surface area contributed by atoms with Crippen molar-refractivity contribution in [2.24, 2.45) is 0 Å². The number of rotatable bonds is 4. The summed E-state index contributed by atoms with van der Waals surface area (Å²) in [5.74, 6) is -0.195. The van der Waals surface area contributed by atoms with E-state index in [1.165, 1.54) is 19.2 Å². The maximum Gasteiger partial charge on any atom is 0.419 e. The lowest BCUT2D eigenvalue weighted by Crippen LogP contribution is -2.11. The van der Waals surface area contributed by atoms with Crippen molar-refractivity contribution in [1.82, 2.24) is 0 Å². The first-order valence-corrected chi connectivity index (χ1v) is 5.23. The third kappa shape index (κ3) is 3.68. The maximum absolute atomic E-state index is 12.6. The topological polar surface area (TPSA) is 18.5 Å². The fraction of sp³-hybridized carbons (Fsp3) is 0.400. The Labute approximate surface area is 99.5 Å². The highest BCUT2D eigenvalue weighted by Gasteiger charge is 2.34. The van der Waals surface area contributed by atoms with Crippen LogP contribution < -0.4 is 4.74 Å². The highest BCUT2D eigenvalue weighted by atomic mass is 79.9. The summed E-state index contributed by atoms with van der Waals surface area (Å²) in [5, 5.41) is 0. The molecule has 90 valence electrons. The number of hydrogen-bond donors (Lipinski definition) is 0. The Bertz CT molecular complexity index is 352. The quantitative estimate of drug-likeness (QED) is 0.792. The van der Waals surface area contributed by atoms with E-state index in [1.807, 2.05) is 0 Å². The number of hydrogen-bond acceptors (Lipinski definition) is 2. The van der Waals surface area contributed by atoms with Crippen LogP contribution in [0.1, 0.15) is 5.56 Å². The first-order chi connectivity index (χ1) is 7.45. The molecule has 0 unspecified atom stereocenters. The molecule has 0 saturated carbocycles. The fourth-order valence-corrected chi connectivity index (χ4v) is 1.42. The molecular formula is C10H10BrF3O2. The summed E-state index contributed by atoms with van der Waals surface area (Å²) in [6.45, 7) is 0.319. The molecule has 0 heterocycles. The molecule has 6 heteroatoms. The predicted octanol–water partition coefficient (Wildman–Crippen LogP) is 3.49. The molecule has 0 radical (unpaired) electrons. The third-order valence-electron chi connectivity index (χ3n) is 1.79. The molecule has 0 N–H and O–H groups in total. The van der Waals surface area contributed by atoms with Crippen molar-refractivity contribution in [3.8, 4) is 5.75 Å². The van der Waals surface area contributed by atoms with Crippen molar-refractivity contribution in [3.63, 3.8) is 0 Å². The summed E-state index contributed by atoms with van der Waals surface area (Å²) in [7, 11) is 1.45. The molecule has 0 amide bonds. The second-order valence-electron chi connectivity index (χ2n) is 2.98. The lowest BCUT2D eigenvalue weighted by Gasteiger charge is -2.13. The maximum atomic E-state index is 12.6. The zero-order chi connectivity index (χ0) is 12.2. The van der Waals surface area contributed by atoms with Crippen molar-refractivity contribution in [2.45, 2.75) is 6.18 Å². The minimum Gasteiger partial charge on any atom is -0.491 e. The van der Waals surface area contributed by atoms with E-state index in [0.29, 0.717) is 4.47 Å². The van der Waals surface area contributed by atoms with Gasteiger partial charge in [-0.3, -0.25) is 0 Å². The molecular weight excluding hydrogens is 289 g/mol. The Morgan fingerprint density at radius 1 is 1.25 bits per heavy atom. The molecule has 0 fully saturated rings. The molecule has 0 aliphatic heterocycles. The van der Waals surface area contributed by atoms with E-state index >= 15 is 0 Å². The molecule has 0 aliphatic carbocycles. The monoisotopic (exact) mass is 298 g/mol. The van der Waals surface area contributed by atoms with Crippen LogP contribution in [-0.4, -0.2) is 20.3 Å². The van der Waals surface area contributed by atoms with Crippen molar-refractivity contribution in [3.05, 3.63) is 28.2 Å². The normalized spacial score (nSPS) is 11.6. The van der Waals surface area contributed by atoms with Crippen molar-refractivity contribution in [2.75, 3.05) is 20.3 Å². The first-order valence-electron chi connectivity index (χ1n) is 4.43. The minimum atomic E-state index is -4.41. The molecule has 1 rings (SSSR count). The third-order valence-corrected chi connectivity index (χ3v) is 2.29. The summed E-state index contributed by atoms with van der Waals surface area (Å²) in [6, 6.07) is 3.59. The van der Waals surface area contributed by atoms with Gasteiger partial charge >= 0.3 is 6.18 Å². The smallest absolute Gasteiger partial charge is 0.419 e. The van der Waals surface area contributed by atoms with Gasteiger partial charge in [0.1, 0.15) is 12.4 Å². The van der Waals surface area contributed by atoms with E-state index in [2.05, 4.69) is 15.9 Å². The van der Waals surface area contributed by atoms with Gasteiger partial charge in [-0.25, -0.2) is 0 Å². The average molecular weight is 299 g/mol. The highest BCUT2D eigenvalue weighted by molar-refractivity contribution is 9.10. The van der Waals surface area contributed by atoms with Gasteiger partial charge in [-0.05, 0) is 18.2 Å². The lowest BCUT2D eigenvalue weighted by atomic mass is 10.2. The number of halogens is 4. The summed E-state index contributed by atoms with van der Waals surface area (Å²) in [4.78, 5) is 0. The average Bonchev–Trinajstić information content (AvgIpc) is 2.16. The van der Waals surface area contributed by atoms with Gasteiger partial charge in [-0.1, -0.05) is 15.9 Å². The first kappa shape index (κ1) is 13.3. The molecule has 0 atom stereocenters. The molecule has 0 bridgehead atoms. The largest absolute Gasteiger partial charge is 0.491 e. The van der Waals surface area contributed by atoms with Gasteiger partial charge in [-0.15, -0.1) is 0 Å². The summed E-state index contributed by atoms with van der Waals surface area (Å²) in [6.07, 6.45) is -4.41. The standard InChI is InChI=1S/C10H10BrF3O2/c1-15-4-5-16-9-6-7(11)2-3-8(9)10(12,13)14/h2-3,6H,4-5H2,1H3. The summed E-state index contributed by atoms with van der Waals surface area (Å²) >= 11 is 3.09. The Morgan fingerprint density at radius 3 is 2.50 bits per heavy atom. The fourth-order valence-electron chi connectivity index (χ4n) is 1.08. The molecule has 1 aromatic rings. The van der Waals surface area contributed by atoms with Gasteiger partial charge in [0.2, 0.25) is 0 Å². The highest BCUT2D eigenvalue weighted by Crippen LogP contribution is 2.37. The van der Waals surface area contributed by atoms with Gasteiger partial charge in [0.05, 0.1) is 12.2 Å².